The van der Waals surface area contributed by atoms with Gasteiger partial charge in [-0.1, -0.05) is 0 Å². The van der Waals surface area contributed by atoms with E-state index in [1.54, 1.807) is 19.2 Å². The number of aromatic nitrogens is 1. The summed E-state index contributed by atoms with van der Waals surface area (Å²) in [5, 5.41) is 11.0. The van der Waals surface area contributed by atoms with Gasteiger partial charge < -0.3 is 0 Å². The topological polar surface area (TPSA) is 47.0 Å². The van der Waals surface area contributed by atoms with Crippen LogP contribution in [0.2, 0.25) is 0 Å². The Morgan fingerprint density at radius 2 is 2.20 bits per heavy atom. The van der Waals surface area contributed by atoms with Crippen LogP contribution in [0.1, 0.15) is 0 Å². The summed E-state index contributed by atoms with van der Waals surface area (Å²) in [5.41, 5.74) is 0.549. The Bertz CT molecular complexity index is 554. The largest absolute Gasteiger partial charge is 0.283 e. The van der Waals surface area contributed by atoms with E-state index in [1.165, 1.54) is 22.9 Å². The Balaban J connectivity index is 2.91. The van der Waals surface area contributed by atoms with E-state index in [4.69, 9.17) is 0 Å². The number of pyridine rings is 1. The molecule has 0 saturated carbocycles. The highest BCUT2D eigenvalue weighted by atomic mass is 19.1. The first-order valence-corrected chi connectivity index (χ1v) is 4.32. The molecule has 5 heteroatoms. The molecule has 0 aliphatic heterocycles. The van der Waals surface area contributed by atoms with Gasteiger partial charge in [0.2, 0.25) is 11.7 Å². The van der Waals surface area contributed by atoms with E-state index in [-0.39, 0.29) is 5.69 Å². The average Bonchev–Trinajstić information content (AvgIpc) is 2.16. The summed E-state index contributed by atoms with van der Waals surface area (Å²) in [6.07, 6.45) is 1.28. The number of hydrogen-bond donors (Lipinski definition) is 0. The van der Waals surface area contributed by atoms with Crippen molar-refractivity contribution in [2.45, 2.75) is 0 Å². The van der Waals surface area contributed by atoms with Crippen molar-refractivity contribution >= 4 is 16.6 Å². The van der Waals surface area contributed by atoms with E-state index in [0.717, 1.165) is 0 Å². The highest BCUT2D eigenvalue weighted by Gasteiger charge is 2.17. The first-order chi connectivity index (χ1) is 7.09. The predicted molar refractivity (Wildman–Crippen MR) is 51.7 cm³/mol. The van der Waals surface area contributed by atoms with Gasteiger partial charge in [0.15, 0.2) is 5.82 Å². The number of halogens is 1. The molecule has 1 aromatic heterocycles. The fourth-order valence-electron chi connectivity index (χ4n) is 1.59. The molecule has 0 aliphatic rings. The molecule has 0 spiro atoms. The summed E-state index contributed by atoms with van der Waals surface area (Å²) in [6.45, 7) is 0. The van der Waals surface area contributed by atoms with Crippen LogP contribution in [0.15, 0.2) is 30.5 Å². The van der Waals surface area contributed by atoms with Crippen molar-refractivity contribution in [1.29, 1.82) is 0 Å². The van der Waals surface area contributed by atoms with Gasteiger partial charge in [-0.25, -0.2) is 4.39 Å². The Morgan fingerprint density at radius 3 is 2.87 bits per heavy atom. The lowest BCUT2D eigenvalue weighted by Crippen LogP contribution is -2.29. The molecule has 0 radical (unpaired) electrons. The third kappa shape index (κ3) is 1.52. The number of non-ortho nitro benzene ring substituents is 1. The molecule has 0 atom stereocenters. The third-order valence-electron chi connectivity index (χ3n) is 2.24. The van der Waals surface area contributed by atoms with Crippen molar-refractivity contribution < 1.29 is 13.9 Å². The molecule has 0 N–H and O–H groups in total. The van der Waals surface area contributed by atoms with Gasteiger partial charge in [-0.15, -0.1) is 0 Å². The zero-order valence-electron chi connectivity index (χ0n) is 7.98. The van der Waals surface area contributed by atoms with Gasteiger partial charge in [0.25, 0.3) is 5.69 Å². The quantitative estimate of drug-likeness (QED) is 0.406. The zero-order valence-corrected chi connectivity index (χ0v) is 7.98. The molecular weight excluding hydrogens is 199 g/mol. The van der Waals surface area contributed by atoms with Crippen LogP contribution in [0.3, 0.4) is 0 Å². The maximum atomic E-state index is 13.1. The number of benzene rings is 1. The summed E-state index contributed by atoms with van der Waals surface area (Å²) < 4.78 is 14.6. The predicted octanol–water partition coefficient (Wildman–Crippen LogP) is 1.71. The van der Waals surface area contributed by atoms with E-state index >= 15 is 0 Å². The van der Waals surface area contributed by atoms with E-state index in [2.05, 4.69) is 0 Å². The standard InChI is InChI=1S/C10H8FN2O2/c1-12-6-7(11)5-8-9(12)3-2-4-10(8)13(14)15/h2-6H,1H3/q+1. The Labute approximate surface area is 84.7 Å². The lowest BCUT2D eigenvalue weighted by Gasteiger charge is -1.98. The van der Waals surface area contributed by atoms with Crippen LogP contribution < -0.4 is 4.57 Å². The van der Waals surface area contributed by atoms with Crippen LogP contribution in [0.5, 0.6) is 0 Å². The molecular formula is C10H8FN2O2+. The van der Waals surface area contributed by atoms with Crippen LogP contribution in [0.25, 0.3) is 10.9 Å². The summed E-state index contributed by atoms with van der Waals surface area (Å²) in [4.78, 5) is 10.2. The Kier molecular flexibility index (Phi) is 2.07. The maximum Gasteiger partial charge on any atom is 0.283 e. The van der Waals surface area contributed by atoms with Crippen LogP contribution in [-0.4, -0.2) is 4.92 Å². The number of nitrogens with zero attached hydrogens (tertiary/aromatic N) is 2. The number of fused-ring (bicyclic) bond motifs is 1. The first kappa shape index (κ1) is 9.51. The third-order valence-corrected chi connectivity index (χ3v) is 2.24. The minimum absolute atomic E-state index is 0.0809. The molecule has 4 nitrogen and oxygen atoms in total. The van der Waals surface area contributed by atoms with Crippen molar-refractivity contribution in [3.05, 3.63) is 46.4 Å². The Hall–Kier alpha value is -2.04. The number of hydrogen-bond acceptors (Lipinski definition) is 2. The second-order valence-corrected chi connectivity index (χ2v) is 3.24. The molecule has 0 saturated heterocycles. The molecule has 0 amide bonds. The molecule has 2 aromatic rings. The van der Waals surface area contributed by atoms with Gasteiger partial charge in [-0.05, 0) is 6.07 Å². The highest BCUT2D eigenvalue weighted by molar-refractivity contribution is 5.85. The minimum Gasteiger partial charge on any atom is -0.258 e. The normalized spacial score (nSPS) is 10.5. The summed E-state index contributed by atoms with van der Waals surface area (Å²) in [6, 6.07) is 5.83. The lowest BCUT2D eigenvalue weighted by atomic mass is 10.2. The van der Waals surface area contributed by atoms with Crippen molar-refractivity contribution in [2.24, 2.45) is 7.05 Å². The molecule has 0 fully saturated rings. The summed E-state index contributed by atoms with van der Waals surface area (Å²) in [5.74, 6) is -0.487. The number of rotatable bonds is 1. The molecule has 0 bridgehead atoms. The van der Waals surface area contributed by atoms with Gasteiger partial charge in [0.05, 0.1) is 4.92 Å². The first-order valence-electron chi connectivity index (χ1n) is 4.32. The van der Waals surface area contributed by atoms with E-state index in [1.807, 2.05) is 0 Å². The van der Waals surface area contributed by atoms with Crippen LogP contribution in [0.4, 0.5) is 10.1 Å². The van der Waals surface area contributed by atoms with Gasteiger partial charge in [0.1, 0.15) is 12.4 Å². The SMILES string of the molecule is C[n+]1cc(F)cc2c([N+](=O)[O-])cccc21. The highest BCUT2D eigenvalue weighted by Crippen LogP contribution is 2.23. The monoisotopic (exact) mass is 207 g/mol. The molecule has 15 heavy (non-hydrogen) atoms. The van der Waals surface area contributed by atoms with Crippen LogP contribution in [0, 0.1) is 15.9 Å². The van der Waals surface area contributed by atoms with Crippen molar-refractivity contribution in [2.75, 3.05) is 0 Å². The maximum absolute atomic E-state index is 13.1. The smallest absolute Gasteiger partial charge is 0.258 e. The number of aryl methyl sites for hydroxylation is 1. The van der Waals surface area contributed by atoms with Gasteiger partial charge in [-0.3, -0.25) is 10.1 Å². The van der Waals surface area contributed by atoms with Crippen molar-refractivity contribution in [1.82, 2.24) is 0 Å². The molecule has 2 rings (SSSR count). The molecule has 76 valence electrons. The summed E-state index contributed by atoms with van der Waals surface area (Å²) >= 11 is 0. The number of nitro groups is 1. The van der Waals surface area contributed by atoms with Crippen LogP contribution >= 0.6 is 0 Å². The fourth-order valence-corrected chi connectivity index (χ4v) is 1.59. The van der Waals surface area contributed by atoms with Gasteiger partial charge >= 0.3 is 0 Å². The second-order valence-electron chi connectivity index (χ2n) is 3.24. The van der Waals surface area contributed by atoms with Gasteiger partial charge in [-0.2, -0.15) is 4.57 Å². The zero-order chi connectivity index (χ0) is 11.0. The van der Waals surface area contributed by atoms with Crippen molar-refractivity contribution in [3.63, 3.8) is 0 Å². The molecule has 1 aromatic carbocycles. The minimum atomic E-state index is -0.512. The Morgan fingerprint density at radius 1 is 1.47 bits per heavy atom. The van der Waals surface area contributed by atoms with E-state index in [9.17, 15) is 14.5 Å². The van der Waals surface area contributed by atoms with Crippen LogP contribution in [-0.2, 0) is 7.05 Å². The van der Waals surface area contributed by atoms with Crippen molar-refractivity contribution in [3.8, 4) is 0 Å². The van der Waals surface area contributed by atoms with E-state index < -0.39 is 10.7 Å². The summed E-state index contributed by atoms with van der Waals surface area (Å²) in [7, 11) is 1.65. The van der Waals surface area contributed by atoms with Gasteiger partial charge in [0, 0.05) is 18.2 Å². The lowest BCUT2D eigenvalue weighted by molar-refractivity contribution is -0.646. The number of nitro benzene ring substituents is 1. The molecule has 0 unspecified atom stereocenters. The molecule has 0 aliphatic carbocycles. The molecule has 1 heterocycles. The average molecular weight is 207 g/mol. The second kappa shape index (κ2) is 3.27. The fraction of sp³-hybridized carbons (Fsp3) is 0.100. The van der Waals surface area contributed by atoms with E-state index in [0.29, 0.717) is 10.9 Å².